The van der Waals surface area contributed by atoms with E-state index < -0.39 is 0 Å². The maximum Gasteiger partial charge on any atom is 0.222 e. The zero-order chi connectivity index (χ0) is 17.4. The van der Waals surface area contributed by atoms with E-state index in [9.17, 15) is 0 Å². The number of aromatic nitrogens is 2. The number of piperazine rings is 1. The minimum absolute atomic E-state index is 0.0984. The van der Waals surface area contributed by atoms with Gasteiger partial charge in [0.25, 0.3) is 0 Å². The van der Waals surface area contributed by atoms with Gasteiger partial charge in [-0.05, 0) is 44.2 Å². The molecule has 0 amide bonds. The molecule has 2 aliphatic rings. The van der Waals surface area contributed by atoms with Crippen LogP contribution in [0.25, 0.3) is 0 Å². The van der Waals surface area contributed by atoms with Crippen LogP contribution in [0.2, 0.25) is 0 Å². The largest absolute Gasteiger partial charge is 0.368 e. The molecule has 1 aromatic heterocycles. The number of aryl methyl sites for hydroxylation is 1. The lowest BCUT2D eigenvalue weighted by molar-refractivity contribution is 0.446. The molecular formula is C20H27N5. The molecule has 0 spiro atoms. The summed E-state index contributed by atoms with van der Waals surface area (Å²) in [7, 11) is 0. The molecular weight excluding hydrogens is 310 g/mol. The quantitative estimate of drug-likeness (QED) is 0.881. The summed E-state index contributed by atoms with van der Waals surface area (Å²) in [5.41, 5.74) is 11.2. The number of rotatable bonds is 2. The Bertz CT molecular complexity index is 782. The predicted molar refractivity (Wildman–Crippen MR) is 102 cm³/mol. The van der Waals surface area contributed by atoms with Crippen LogP contribution in [0.15, 0.2) is 24.3 Å². The molecule has 5 heteroatoms. The van der Waals surface area contributed by atoms with Crippen molar-refractivity contribution >= 4 is 11.8 Å². The van der Waals surface area contributed by atoms with Crippen LogP contribution in [-0.2, 0) is 11.8 Å². The van der Waals surface area contributed by atoms with Gasteiger partial charge in [0.15, 0.2) is 0 Å². The van der Waals surface area contributed by atoms with Crippen LogP contribution in [0.3, 0.4) is 0 Å². The molecule has 1 unspecified atom stereocenters. The summed E-state index contributed by atoms with van der Waals surface area (Å²) in [5.74, 6) is 1.46. The fourth-order valence-electron chi connectivity index (χ4n) is 4.51. The van der Waals surface area contributed by atoms with Crippen molar-refractivity contribution in [2.75, 3.05) is 36.8 Å². The Hall–Kier alpha value is -2.14. The third-order valence-corrected chi connectivity index (χ3v) is 5.78. The van der Waals surface area contributed by atoms with E-state index in [1.807, 2.05) is 0 Å². The standard InChI is InChI=1S/C20H27N5/c1-14-6-3-4-8-16(14)20(2)9-5-7-15-17(20)23-19(21)24-18(15)25-12-10-22-11-13-25/h3-4,6,8,22H,5,7,9-13H2,1-2H3,(H2,21,23,24). The second kappa shape index (κ2) is 6.30. The lowest BCUT2D eigenvalue weighted by Gasteiger charge is -2.39. The molecule has 0 radical (unpaired) electrons. The van der Waals surface area contributed by atoms with E-state index in [2.05, 4.69) is 53.3 Å². The molecule has 1 aliphatic carbocycles. The van der Waals surface area contributed by atoms with Gasteiger partial charge in [-0.2, -0.15) is 4.98 Å². The smallest absolute Gasteiger partial charge is 0.222 e. The summed E-state index contributed by atoms with van der Waals surface area (Å²) in [6.45, 7) is 8.45. The first-order valence-corrected chi connectivity index (χ1v) is 9.28. The van der Waals surface area contributed by atoms with E-state index >= 15 is 0 Å². The van der Waals surface area contributed by atoms with Crippen LogP contribution < -0.4 is 16.0 Å². The van der Waals surface area contributed by atoms with Crippen molar-refractivity contribution in [3.8, 4) is 0 Å². The van der Waals surface area contributed by atoms with Gasteiger partial charge >= 0.3 is 0 Å². The van der Waals surface area contributed by atoms with Gasteiger partial charge in [-0.1, -0.05) is 24.3 Å². The van der Waals surface area contributed by atoms with E-state index in [0.29, 0.717) is 5.95 Å². The highest BCUT2D eigenvalue weighted by Gasteiger charge is 2.38. The monoisotopic (exact) mass is 337 g/mol. The van der Waals surface area contributed by atoms with E-state index in [4.69, 9.17) is 10.7 Å². The third-order valence-electron chi connectivity index (χ3n) is 5.78. The lowest BCUT2D eigenvalue weighted by atomic mass is 9.68. The zero-order valence-electron chi connectivity index (χ0n) is 15.2. The number of nitrogens with two attached hydrogens (primary N) is 1. The maximum atomic E-state index is 6.16. The lowest BCUT2D eigenvalue weighted by Crippen LogP contribution is -2.45. The summed E-state index contributed by atoms with van der Waals surface area (Å²) in [5, 5.41) is 3.41. The molecule has 3 N–H and O–H groups in total. The normalized spacial score (nSPS) is 23.4. The fraction of sp³-hybridized carbons (Fsp3) is 0.500. The van der Waals surface area contributed by atoms with Crippen molar-refractivity contribution in [3.05, 3.63) is 46.6 Å². The molecule has 2 heterocycles. The number of hydrogen-bond donors (Lipinski definition) is 2. The van der Waals surface area contributed by atoms with Crippen molar-refractivity contribution < 1.29 is 0 Å². The molecule has 1 saturated heterocycles. The number of benzene rings is 1. The minimum atomic E-state index is -0.0984. The maximum absolute atomic E-state index is 6.16. The second-order valence-electron chi connectivity index (χ2n) is 7.47. The number of nitrogens with zero attached hydrogens (tertiary/aromatic N) is 3. The van der Waals surface area contributed by atoms with Crippen molar-refractivity contribution in [1.29, 1.82) is 0 Å². The Morgan fingerprint density at radius 2 is 1.92 bits per heavy atom. The summed E-state index contributed by atoms with van der Waals surface area (Å²) in [4.78, 5) is 11.8. The zero-order valence-corrected chi connectivity index (χ0v) is 15.2. The Morgan fingerprint density at radius 3 is 2.68 bits per heavy atom. The highest BCUT2D eigenvalue weighted by Crippen LogP contribution is 2.44. The molecule has 1 atom stereocenters. The van der Waals surface area contributed by atoms with E-state index in [-0.39, 0.29) is 5.41 Å². The van der Waals surface area contributed by atoms with Crippen LogP contribution in [0.5, 0.6) is 0 Å². The minimum Gasteiger partial charge on any atom is -0.368 e. The average molecular weight is 337 g/mol. The van der Waals surface area contributed by atoms with Gasteiger partial charge < -0.3 is 16.0 Å². The van der Waals surface area contributed by atoms with E-state index in [1.165, 1.54) is 16.7 Å². The van der Waals surface area contributed by atoms with Gasteiger partial charge in [0.05, 0.1) is 5.69 Å². The number of anilines is 2. The molecule has 1 fully saturated rings. The number of nitrogen functional groups attached to an aromatic ring is 1. The van der Waals surface area contributed by atoms with Crippen molar-refractivity contribution in [3.63, 3.8) is 0 Å². The van der Waals surface area contributed by atoms with Gasteiger partial charge in [-0.15, -0.1) is 0 Å². The van der Waals surface area contributed by atoms with Gasteiger partial charge in [0, 0.05) is 37.2 Å². The molecule has 2 aromatic rings. The first-order valence-electron chi connectivity index (χ1n) is 9.28. The van der Waals surface area contributed by atoms with Crippen LogP contribution in [0, 0.1) is 6.92 Å². The molecule has 0 saturated carbocycles. The van der Waals surface area contributed by atoms with E-state index in [0.717, 1.165) is 57.0 Å². The summed E-state index contributed by atoms with van der Waals surface area (Å²) < 4.78 is 0. The molecule has 0 bridgehead atoms. The van der Waals surface area contributed by atoms with Gasteiger partial charge in [0.1, 0.15) is 5.82 Å². The average Bonchev–Trinajstić information content (AvgIpc) is 2.63. The van der Waals surface area contributed by atoms with Crippen LogP contribution >= 0.6 is 0 Å². The Labute approximate surface area is 149 Å². The third kappa shape index (κ3) is 2.76. The highest BCUT2D eigenvalue weighted by atomic mass is 15.2. The fourth-order valence-corrected chi connectivity index (χ4v) is 4.51. The van der Waals surface area contributed by atoms with Crippen molar-refractivity contribution in [1.82, 2.24) is 15.3 Å². The van der Waals surface area contributed by atoms with Gasteiger partial charge in [-0.25, -0.2) is 4.98 Å². The molecule has 4 rings (SSSR count). The Morgan fingerprint density at radius 1 is 1.16 bits per heavy atom. The molecule has 1 aliphatic heterocycles. The summed E-state index contributed by atoms with van der Waals surface area (Å²) >= 11 is 0. The Balaban J connectivity index is 1.87. The Kier molecular flexibility index (Phi) is 4.12. The van der Waals surface area contributed by atoms with Crippen LogP contribution in [-0.4, -0.2) is 36.1 Å². The topological polar surface area (TPSA) is 67.1 Å². The number of hydrogen-bond acceptors (Lipinski definition) is 5. The second-order valence-corrected chi connectivity index (χ2v) is 7.47. The van der Waals surface area contributed by atoms with Gasteiger partial charge in [-0.3, -0.25) is 0 Å². The van der Waals surface area contributed by atoms with E-state index in [1.54, 1.807) is 0 Å². The molecule has 25 heavy (non-hydrogen) atoms. The van der Waals surface area contributed by atoms with Crippen LogP contribution in [0.4, 0.5) is 11.8 Å². The van der Waals surface area contributed by atoms with Crippen LogP contribution in [0.1, 0.15) is 42.1 Å². The highest BCUT2D eigenvalue weighted by molar-refractivity contribution is 5.57. The molecule has 1 aromatic carbocycles. The number of fused-ring (bicyclic) bond motifs is 1. The number of nitrogens with one attached hydrogen (secondary N) is 1. The predicted octanol–water partition coefficient (Wildman–Crippen LogP) is 2.42. The summed E-state index contributed by atoms with van der Waals surface area (Å²) in [6, 6.07) is 8.67. The first-order chi connectivity index (χ1) is 12.1. The summed E-state index contributed by atoms with van der Waals surface area (Å²) in [6.07, 6.45) is 3.29. The molecule has 5 nitrogen and oxygen atoms in total. The van der Waals surface area contributed by atoms with Crippen molar-refractivity contribution in [2.45, 2.75) is 38.5 Å². The SMILES string of the molecule is Cc1ccccc1C1(C)CCCc2c(N3CCNCC3)nc(N)nc21. The van der Waals surface area contributed by atoms with Crippen molar-refractivity contribution in [2.24, 2.45) is 0 Å². The molecule has 132 valence electrons. The van der Waals surface area contributed by atoms with Gasteiger partial charge in [0.2, 0.25) is 5.95 Å². The first kappa shape index (κ1) is 16.3.